The number of benzene rings is 2. The van der Waals surface area contributed by atoms with E-state index in [1.54, 1.807) is 7.11 Å². The fraction of sp³-hybridized carbons (Fsp3) is 0.250. The van der Waals surface area contributed by atoms with Gasteiger partial charge in [-0.05, 0) is 42.3 Å². The minimum absolute atomic E-state index is 0.277. The molecule has 2 rings (SSSR count). The van der Waals surface area contributed by atoms with E-state index in [0.717, 1.165) is 21.2 Å². The molecule has 0 aromatic heterocycles. The van der Waals surface area contributed by atoms with Crippen molar-refractivity contribution in [3.8, 4) is 5.75 Å². The van der Waals surface area contributed by atoms with Gasteiger partial charge >= 0.3 is 0 Å². The third-order valence-corrected chi connectivity index (χ3v) is 4.38. The molecule has 1 N–H and O–H groups in total. The minimum Gasteiger partial charge on any atom is -0.497 e. The third-order valence-electron chi connectivity index (χ3n) is 3.20. The SMILES string of the molecule is COc1ccc(CNC(C)c2ccc(Br)cc2Br)cc1. The third kappa shape index (κ3) is 4.08. The van der Waals surface area contributed by atoms with Gasteiger partial charge in [0.1, 0.15) is 5.75 Å². The summed E-state index contributed by atoms with van der Waals surface area (Å²) in [4.78, 5) is 0. The lowest BCUT2D eigenvalue weighted by Crippen LogP contribution is -2.18. The number of hydrogen-bond donors (Lipinski definition) is 1. The van der Waals surface area contributed by atoms with Crippen LogP contribution in [0.25, 0.3) is 0 Å². The zero-order chi connectivity index (χ0) is 14.5. The van der Waals surface area contributed by atoms with Crippen molar-refractivity contribution < 1.29 is 4.74 Å². The van der Waals surface area contributed by atoms with Crippen molar-refractivity contribution in [2.24, 2.45) is 0 Å². The number of hydrogen-bond acceptors (Lipinski definition) is 2. The first-order valence-electron chi connectivity index (χ1n) is 6.41. The van der Waals surface area contributed by atoms with Gasteiger partial charge in [0.05, 0.1) is 7.11 Å². The van der Waals surface area contributed by atoms with Crippen molar-refractivity contribution in [1.29, 1.82) is 0 Å². The van der Waals surface area contributed by atoms with Crippen molar-refractivity contribution in [3.05, 3.63) is 62.5 Å². The van der Waals surface area contributed by atoms with Gasteiger partial charge < -0.3 is 10.1 Å². The monoisotopic (exact) mass is 397 g/mol. The smallest absolute Gasteiger partial charge is 0.118 e. The lowest BCUT2D eigenvalue weighted by Gasteiger charge is -2.16. The Morgan fingerprint density at radius 2 is 1.80 bits per heavy atom. The quantitative estimate of drug-likeness (QED) is 0.758. The zero-order valence-corrected chi connectivity index (χ0v) is 14.7. The average Bonchev–Trinajstić information content (AvgIpc) is 2.45. The van der Waals surface area contributed by atoms with E-state index in [9.17, 15) is 0 Å². The molecule has 0 aliphatic carbocycles. The molecule has 0 radical (unpaired) electrons. The summed E-state index contributed by atoms with van der Waals surface area (Å²) in [5.74, 6) is 0.887. The molecule has 1 atom stereocenters. The van der Waals surface area contributed by atoms with Crippen molar-refractivity contribution in [2.45, 2.75) is 19.5 Å². The van der Waals surface area contributed by atoms with Gasteiger partial charge in [-0.3, -0.25) is 0 Å². The van der Waals surface area contributed by atoms with Gasteiger partial charge in [-0.2, -0.15) is 0 Å². The summed E-state index contributed by atoms with van der Waals surface area (Å²) in [5.41, 5.74) is 2.49. The average molecular weight is 399 g/mol. The predicted octanol–water partition coefficient (Wildman–Crippen LogP) is 5.07. The molecule has 2 nitrogen and oxygen atoms in total. The van der Waals surface area contributed by atoms with Crippen LogP contribution in [0.1, 0.15) is 24.1 Å². The molecule has 0 amide bonds. The number of ether oxygens (including phenoxy) is 1. The molecular formula is C16H17Br2NO. The van der Waals surface area contributed by atoms with Gasteiger partial charge in [-0.25, -0.2) is 0 Å². The highest BCUT2D eigenvalue weighted by Crippen LogP contribution is 2.27. The summed E-state index contributed by atoms with van der Waals surface area (Å²) in [6.07, 6.45) is 0. The molecule has 0 saturated heterocycles. The standard InChI is InChI=1S/C16H17Br2NO/c1-11(15-8-5-13(17)9-16(15)18)19-10-12-3-6-14(20-2)7-4-12/h3-9,11,19H,10H2,1-2H3. The number of rotatable bonds is 5. The highest BCUT2D eigenvalue weighted by Gasteiger charge is 2.09. The first kappa shape index (κ1) is 15.5. The number of nitrogens with one attached hydrogen (secondary N) is 1. The molecule has 0 heterocycles. The van der Waals surface area contributed by atoms with Crippen LogP contribution in [0.3, 0.4) is 0 Å². The maximum atomic E-state index is 5.16. The van der Waals surface area contributed by atoms with E-state index in [0.29, 0.717) is 0 Å². The summed E-state index contributed by atoms with van der Waals surface area (Å²) in [6, 6.07) is 14.7. The lowest BCUT2D eigenvalue weighted by atomic mass is 10.1. The molecule has 0 spiro atoms. The van der Waals surface area contributed by atoms with Gasteiger partial charge in [0, 0.05) is 21.5 Å². The number of methoxy groups -OCH3 is 1. The van der Waals surface area contributed by atoms with E-state index in [-0.39, 0.29) is 6.04 Å². The Balaban J connectivity index is 1.98. The van der Waals surface area contributed by atoms with E-state index in [1.807, 2.05) is 12.1 Å². The molecule has 0 fully saturated rings. The summed E-state index contributed by atoms with van der Waals surface area (Å²) in [7, 11) is 1.68. The van der Waals surface area contributed by atoms with Crippen LogP contribution in [0, 0.1) is 0 Å². The van der Waals surface area contributed by atoms with Gasteiger partial charge in [0.2, 0.25) is 0 Å². The highest BCUT2D eigenvalue weighted by molar-refractivity contribution is 9.11. The van der Waals surface area contributed by atoms with Gasteiger partial charge in [-0.1, -0.05) is 50.1 Å². The topological polar surface area (TPSA) is 21.3 Å². The Kier molecular flexibility index (Phi) is 5.64. The first-order valence-corrected chi connectivity index (χ1v) is 8.00. The molecular weight excluding hydrogens is 382 g/mol. The van der Waals surface area contributed by atoms with E-state index in [2.05, 4.69) is 74.4 Å². The van der Waals surface area contributed by atoms with E-state index >= 15 is 0 Å². The first-order chi connectivity index (χ1) is 9.60. The Bertz CT molecular complexity index is 569. The molecule has 20 heavy (non-hydrogen) atoms. The van der Waals surface area contributed by atoms with E-state index in [4.69, 9.17) is 4.74 Å². The zero-order valence-electron chi connectivity index (χ0n) is 11.5. The Morgan fingerprint density at radius 1 is 1.10 bits per heavy atom. The summed E-state index contributed by atoms with van der Waals surface area (Å²) < 4.78 is 7.35. The highest BCUT2D eigenvalue weighted by atomic mass is 79.9. The molecule has 4 heteroatoms. The lowest BCUT2D eigenvalue weighted by molar-refractivity contribution is 0.414. The Labute approximate surface area is 136 Å². The Hall–Kier alpha value is -0.840. The van der Waals surface area contributed by atoms with Gasteiger partial charge in [-0.15, -0.1) is 0 Å². The molecule has 0 aliphatic rings. The van der Waals surface area contributed by atoms with Crippen molar-refractivity contribution >= 4 is 31.9 Å². The maximum absolute atomic E-state index is 5.16. The maximum Gasteiger partial charge on any atom is 0.118 e. The molecule has 2 aromatic rings. The fourth-order valence-electron chi connectivity index (χ4n) is 1.98. The van der Waals surface area contributed by atoms with Crippen LogP contribution in [-0.4, -0.2) is 7.11 Å². The molecule has 2 aromatic carbocycles. The Morgan fingerprint density at radius 3 is 2.40 bits per heavy atom. The van der Waals surface area contributed by atoms with Crippen molar-refractivity contribution in [2.75, 3.05) is 7.11 Å². The van der Waals surface area contributed by atoms with Crippen LogP contribution in [0.15, 0.2) is 51.4 Å². The second-order valence-electron chi connectivity index (χ2n) is 4.62. The van der Waals surface area contributed by atoms with Crippen LogP contribution in [0.5, 0.6) is 5.75 Å². The molecule has 1 unspecified atom stereocenters. The summed E-state index contributed by atoms with van der Waals surface area (Å²) >= 11 is 7.08. The van der Waals surface area contributed by atoms with Crippen LogP contribution >= 0.6 is 31.9 Å². The normalized spacial score (nSPS) is 12.2. The van der Waals surface area contributed by atoms with Gasteiger partial charge in [0.25, 0.3) is 0 Å². The van der Waals surface area contributed by atoms with E-state index in [1.165, 1.54) is 11.1 Å². The molecule has 0 aliphatic heterocycles. The second-order valence-corrected chi connectivity index (χ2v) is 6.39. The second kappa shape index (κ2) is 7.25. The molecule has 0 bridgehead atoms. The summed E-state index contributed by atoms with van der Waals surface area (Å²) in [5, 5.41) is 3.53. The van der Waals surface area contributed by atoms with Crippen LogP contribution in [-0.2, 0) is 6.54 Å². The minimum atomic E-state index is 0.277. The van der Waals surface area contributed by atoms with Crippen molar-refractivity contribution in [1.82, 2.24) is 5.32 Å². The van der Waals surface area contributed by atoms with Crippen LogP contribution in [0.2, 0.25) is 0 Å². The molecule has 106 valence electrons. The summed E-state index contributed by atoms with van der Waals surface area (Å²) in [6.45, 7) is 2.99. The molecule has 0 saturated carbocycles. The van der Waals surface area contributed by atoms with E-state index < -0.39 is 0 Å². The predicted molar refractivity (Wildman–Crippen MR) is 90.1 cm³/mol. The van der Waals surface area contributed by atoms with Crippen molar-refractivity contribution in [3.63, 3.8) is 0 Å². The van der Waals surface area contributed by atoms with Crippen LogP contribution < -0.4 is 10.1 Å². The largest absolute Gasteiger partial charge is 0.497 e. The fourth-order valence-corrected chi connectivity index (χ4v) is 3.37. The number of halogens is 2. The van der Waals surface area contributed by atoms with Crippen LogP contribution in [0.4, 0.5) is 0 Å². The van der Waals surface area contributed by atoms with Gasteiger partial charge in [0.15, 0.2) is 0 Å².